The van der Waals surface area contributed by atoms with Gasteiger partial charge in [0.15, 0.2) is 5.58 Å². The van der Waals surface area contributed by atoms with Gasteiger partial charge in [0.25, 0.3) is 5.91 Å². The van der Waals surface area contributed by atoms with E-state index < -0.39 is 0 Å². The van der Waals surface area contributed by atoms with Crippen molar-refractivity contribution in [2.24, 2.45) is 5.41 Å². The lowest BCUT2D eigenvalue weighted by molar-refractivity contribution is -0.133. The van der Waals surface area contributed by atoms with Gasteiger partial charge in [-0.05, 0) is 30.2 Å². The zero-order valence-electron chi connectivity index (χ0n) is 19.6. The van der Waals surface area contributed by atoms with Crippen LogP contribution >= 0.6 is 0 Å². The number of fused-ring (bicyclic) bond motifs is 1. The van der Waals surface area contributed by atoms with E-state index in [4.69, 9.17) is 4.42 Å². The fraction of sp³-hybridized carbons (Fsp3) is 0.370. The molecule has 2 aliphatic heterocycles. The highest BCUT2D eigenvalue weighted by molar-refractivity contribution is 6.08. The molecule has 8 heteroatoms. The lowest BCUT2D eigenvalue weighted by atomic mass is 9.77. The lowest BCUT2D eigenvalue weighted by Crippen LogP contribution is -2.44. The summed E-state index contributed by atoms with van der Waals surface area (Å²) in [5.74, 6) is 1.05. The van der Waals surface area contributed by atoms with E-state index in [1.165, 1.54) is 0 Å². The van der Waals surface area contributed by atoms with E-state index in [1.807, 2.05) is 46.2 Å². The molecular formula is C27H29N5O3. The molecule has 1 aromatic carbocycles. The zero-order chi connectivity index (χ0) is 23.8. The van der Waals surface area contributed by atoms with Crippen molar-refractivity contribution in [3.8, 4) is 11.1 Å². The summed E-state index contributed by atoms with van der Waals surface area (Å²) in [6.07, 6.45) is 9.10. The number of furan rings is 1. The molecule has 0 radical (unpaired) electrons. The smallest absolute Gasteiger partial charge is 0.271 e. The van der Waals surface area contributed by atoms with Crippen LogP contribution in [0.15, 0.2) is 59.5 Å². The average Bonchev–Trinajstić information content (AvgIpc) is 3.68. The second kappa shape index (κ2) is 8.76. The van der Waals surface area contributed by atoms with Crippen LogP contribution in [-0.2, 0) is 11.2 Å². The Kier molecular flexibility index (Phi) is 5.43. The third-order valence-electron chi connectivity index (χ3n) is 7.71. The van der Waals surface area contributed by atoms with Gasteiger partial charge in [0, 0.05) is 57.5 Å². The number of likely N-dealkylation sites (tertiary alicyclic amines) is 2. The van der Waals surface area contributed by atoms with Gasteiger partial charge >= 0.3 is 0 Å². The van der Waals surface area contributed by atoms with Crippen molar-refractivity contribution in [3.05, 3.63) is 66.6 Å². The largest absolute Gasteiger partial charge is 0.462 e. The number of imidazole rings is 1. The molecule has 3 aromatic heterocycles. The maximum Gasteiger partial charge on any atom is 0.271 e. The number of carbonyl (C=O) groups is 2. The molecule has 0 aliphatic carbocycles. The van der Waals surface area contributed by atoms with Crippen molar-refractivity contribution in [1.29, 1.82) is 0 Å². The summed E-state index contributed by atoms with van der Waals surface area (Å²) in [7, 11) is 0. The van der Waals surface area contributed by atoms with Gasteiger partial charge in [0.1, 0.15) is 11.5 Å². The van der Waals surface area contributed by atoms with E-state index in [0.29, 0.717) is 18.5 Å². The fourth-order valence-corrected chi connectivity index (χ4v) is 5.68. The van der Waals surface area contributed by atoms with Crippen molar-refractivity contribution in [1.82, 2.24) is 24.8 Å². The van der Waals surface area contributed by atoms with Gasteiger partial charge in [-0.25, -0.2) is 4.98 Å². The number of rotatable bonds is 5. The standard InChI is InChI=1S/C27H29N5O3/c33-22(7-6-21-28-12-13-29-21)31-14-9-27(10-15-31)11-16-32(18-27)26(34)24-23(19-4-2-1-3-5-19)25-20(30-24)8-17-35-25/h1-5,8,12-13,17,30H,6-7,9-11,14-16,18H2,(H,28,29). The van der Waals surface area contributed by atoms with Crippen LogP contribution in [0.25, 0.3) is 22.2 Å². The Morgan fingerprint density at radius 1 is 1.03 bits per heavy atom. The first-order valence-electron chi connectivity index (χ1n) is 12.3. The minimum absolute atomic E-state index is 0.0177. The first-order valence-corrected chi connectivity index (χ1v) is 12.3. The Hall–Kier alpha value is -3.81. The van der Waals surface area contributed by atoms with Gasteiger partial charge in [0.2, 0.25) is 5.91 Å². The number of aromatic amines is 2. The summed E-state index contributed by atoms with van der Waals surface area (Å²) in [6.45, 7) is 2.97. The highest BCUT2D eigenvalue weighted by Crippen LogP contribution is 2.42. The summed E-state index contributed by atoms with van der Waals surface area (Å²) in [5.41, 5.74) is 4.03. The molecule has 0 atom stereocenters. The number of piperidine rings is 1. The van der Waals surface area contributed by atoms with E-state index in [9.17, 15) is 9.59 Å². The monoisotopic (exact) mass is 471 g/mol. The number of nitrogens with one attached hydrogen (secondary N) is 2. The summed E-state index contributed by atoms with van der Waals surface area (Å²) >= 11 is 0. The Morgan fingerprint density at radius 2 is 1.80 bits per heavy atom. The van der Waals surface area contributed by atoms with E-state index in [0.717, 1.165) is 73.5 Å². The molecule has 8 nitrogen and oxygen atoms in total. The molecule has 1 spiro atoms. The molecule has 2 fully saturated rings. The lowest BCUT2D eigenvalue weighted by Gasteiger charge is -2.39. The zero-order valence-corrected chi connectivity index (χ0v) is 19.6. The van der Waals surface area contributed by atoms with Crippen LogP contribution in [0, 0.1) is 5.41 Å². The molecule has 2 aliphatic rings. The molecule has 4 aromatic rings. The minimum atomic E-state index is 0.0177. The van der Waals surface area contributed by atoms with Crippen LogP contribution in [-0.4, -0.2) is 62.7 Å². The highest BCUT2D eigenvalue weighted by Gasteiger charge is 2.43. The predicted molar refractivity (Wildman–Crippen MR) is 132 cm³/mol. The average molecular weight is 472 g/mol. The SMILES string of the molecule is O=C(CCc1ncc[nH]1)N1CCC2(CC1)CCN(C(=O)c1[nH]c3ccoc3c1-c1ccccc1)C2. The van der Waals surface area contributed by atoms with Crippen LogP contribution in [0.5, 0.6) is 0 Å². The Balaban J connectivity index is 1.13. The Bertz CT molecular complexity index is 1330. The van der Waals surface area contributed by atoms with Crippen LogP contribution < -0.4 is 0 Å². The van der Waals surface area contributed by atoms with Gasteiger partial charge in [-0.15, -0.1) is 0 Å². The molecule has 0 bridgehead atoms. The molecule has 0 unspecified atom stereocenters. The second-order valence-corrected chi connectivity index (χ2v) is 9.80. The normalized spacial score (nSPS) is 17.5. The number of H-pyrrole nitrogens is 2. The summed E-state index contributed by atoms with van der Waals surface area (Å²) in [5, 5.41) is 0. The molecule has 180 valence electrons. The van der Waals surface area contributed by atoms with Gasteiger partial charge < -0.3 is 24.2 Å². The number of benzene rings is 1. The highest BCUT2D eigenvalue weighted by atomic mass is 16.3. The molecule has 5 heterocycles. The number of carbonyl (C=O) groups excluding carboxylic acids is 2. The van der Waals surface area contributed by atoms with Gasteiger partial charge in [0.05, 0.1) is 17.3 Å². The summed E-state index contributed by atoms with van der Waals surface area (Å²) in [4.78, 5) is 40.9. The maximum absolute atomic E-state index is 13.7. The van der Waals surface area contributed by atoms with Gasteiger partial charge in [-0.3, -0.25) is 9.59 Å². The third kappa shape index (κ3) is 4.03. The molecule has 6 rings (SSSR count). The van der Waals surface area contributed by atoms with Crippen molar-refractivity contribution in [2.75, 3.05) is 26.2 Å². The molecule has 2 amide bonds. The first kappa shape index (κ1) is 21.7. The van der Waals surface area contributed by atoms with Crippen molar-refractivity contribution in [3.63, 3.8) is 0 Å². The van der Waals surface area contributed by atoms with Crippen LogP contribution in [0.1, 0.15) is 42.0 Å². The number of nitrogens with zero attached hydrogens (tertiary/aromatic N) is 3. The quantitative estimate of drug-likeness (QED) is 0.455. The van der Waals surface area contributed by atoms with Crippen LogP contribution in [0.4, 0.5) is 0 Å². The molecular weight excluding hydrogens is 442 g/mol. The first-order chi connectivity index (χ1) is 17.1. The number of hydrogen-bond donors (Lipinski definition) is 2. The van der Waals surface area contributed by atoms with Crippen molar-refractivity contribution in [2.45, 2.75) is 32.1 Å². The Morgan fingerprint density at radius 3 is 2.54 bits per heavy atom. The fourth-order valence-electron chi connectivity index (χ4n) is 5.68. The predicted octanol–water partition coefficient (Wildman–Crippen LogP) is 4.24. The van der Waals surface area contributed by atoms with E-state index in [-0.39, 0.29) is 17.2 Å². The number of hydrogen-bond acceptors (Lipinski definition) is 4. The Labute approximate surface area is 203 Å². The maximum atomic E-state index is 13.7. The number of aromatic nitrogens is 3. The van der Waals surface area contributed by atoms with E-state index in [1.54, 1.807) is 18.7 Å². The third-order valence-corrected chi connectivity index (χ3v) is 7.71. The van der Waals surface area contributed by atoms with E-state index >= 15 is 0 Å². The van der Waals surface area contributed by atoms with Crippen molar-refractivity contribution < 1.29 is 14.0 Å². The minimum Gasteiger partial charge on any atom is -0.462 e. The molecule has 35 heavy (non-hydrogen) atoms. The number of aryl methyl sites for hydroxylation is 1. The van der Waals surface area contributed by atoms with Crippen molar-refractivity contribution >= 4 is 22.9 Å². The second-order valence-electron chi connectivity index (χ2n) is 9.80. The van der Waals surface area contributed by atoms with E-state index in [2.05, 4.69) is 15.0 Å². The van der Waals surface area contributed by atoms with Crippen LogP contribution in [0.3, 0.4) is 0 Å². The molecule has 0 saturated carbocycles. The number of amides is 2. The molecule has 2 saturated heterocycles. The topological polar surface area (TPSA) is 98.2 Å². The summed E-state index contributed by atoms with van der Waals surface area (Å²) in [6, 6.07) is 11.8. The van der Waals surface area contributed by atoms with Gasteiger partial charge in [-0.1, -0.05) is 30.3 Å². The van der Waals surface area contributed by atoms with Crippen LogP contribution in [0.2, 0.25) is 0 Å². The summed E-state index contributed by atoms with van der Waals surface area (Å²) < 4.78 is 5.74. The molecule has 2 N–H and O–H groups in total. The van der Waals surface area contributed by atoms with Gasteiger partial charge in [-0.2, -0.15) is 0 Å².